The van der Waals surface area contributed by atoms with Gasteiger partial charge in [0, 0.05) is 26.4 Å². The Balaban J connectivity index is 1.89. The minimum atomic E-state index is -0.539. The number of amides is 1. The molecule has 150 valence electrons. The molecule has 0 radical (unpaired) electrons. The third-order valence-corrected chi connectivity index (χ3v) is 6.16. The molecule has 29 heavy (non-hydrogen) atoms. The van der Waals surface area contributed by atoms with E-state index in [2.05, 4.69) is 5.32 Å². The van der Waals surface area contributed by atoms with Gasteiger partial charge in [0.05, 0.1) is 11.4 Å². The molecule has 1 aromatic carbocycles. The van der Waals surface area contributed by atoms with Gasteiger partial charge < -0.3 is 9.88 Å². The summed E-state index contributed by atoms with van der Waals surface area (Å²) >= 11 is 1.20. The number of hydrogen-bond donors (Lipinski definition) is 1. The van der Waals surface area contributed by atoms with Crippen LogP contribution >= 0.6 is 11.8 Å². The lowest BCUT2D eigenvalue weighted by molar-refractivity contribution is -0.112. The van der Waals surface area contributed by atoms with Crippen LogP contribution in [0.15, 0.2) is 46.0 Å². The van der Waals surface area contributed by atoms with Crippen molar-refractivity contribution in [2.75, 3.05) is 5.75 Å². The lowest BCUT2D eigenvalue weighted by atomic mass is 10.2. The molecule has 2 aromatic heterocycles. The molecule has 1 saturated heterocycles. The summed E-state index contributed by atoms with van der Waals surface area (Å²) < 4.78 is 4.05. The van der Waals surface area contributed by atoms with Crippen molar-refractivity contribution < 1.29 is 9.59 Å². The van der Waals surface area contributed by atoms with Gasteiger partial charge in [-0.2, -0.15) is 0 Å². The SMILES string of the molecule is Cn1c(=O)c2cc(C(=O)N[C@H]3CCSC3=O)n(Cc3ccccc3)c2n(C)c1=O. The number of carbonyl (C=O) groups excluding carboxylic acids is 2. The molecule has 1 aliphatic rings. The monoisotopic (exact) mass is 412 g/mol. The van der Waals surface area contributed by atoms with Gasteiger partial charge in [0.2, 0.25) is 5.12 Å². The molecule has 0 bridgehead atoms. The second-order valence-corrected chi connectivity index (χ2v) is 8.13. The standard InChI is InChI=1S/C20H20N4O4S/c1-22-17-13(18(26)23(2)20(22)28)10-15(16(25)21-14-8-9-29-19(14)27)24(17)11-12-6-4-3-5-7-12/h3-7,10,14H,8-9,11H2,1-2H3,(H,21,25)/t14-/m0/s1. The third-order valence-electron chi connectivity index (χ3n) is 5.15. The minimum Gasteiger partial charge on any atom is -0.340 e. The first-order valence-electron chi connectivity index (χ1n) is 9.19. The molecule has 3 heterocycles. The first kappa shape index (κ1) is 19.3. The molecule has 0 aliphatic carbocycles. The van der Waals surface area contributed by atoms with Crippen LogP contribution < -0.4 is 16.6 Å². The van der Waals surface area contributed by atoms with Gasteiger partial charge in [-0.3, -0.25) is 23.5 Å². The maximum Gasteiger partial charge on any atom is 0.332 e. The Bertz CT molecular complexity index is 1240. The van der Waals surface area contributed by atoms with Crippen LogP contribution in [-0.2, 0) is 25.4 Å². The number of nitrogens with zero attached hydrogens (tertiary/aromatic N) is 3. The molecule has 0 saturated carbocycles. The van der Waals surface area contributed by atoms with Crippen molar-refractivity contribution in [2.45, 2.75) is 19.0 Å². The van der Waals surface area contributed by atoms with Crippen LogP contribution in [-0.4, -0.2) is 36.5 Å². The van der Waals surface area contributed by atoms with Crippen molar-refractivity contribution in [1.82, 2.24) is 19.0 Å². The number of fused-ring (bicyclic) bond motifs is 1. The fraction of sp³-hybridized carbons (Fsp3) is 0.300. The zero-order valence-corrected chi connectivity index (χ0v) is 16.9. The highest BCUT2D eigenvalue weighted by Gasteiger charge is 2.29. The molecule has 1 amide bonds. The molecule has 4 rings (SSSR count). The second-order valence-electron chi connectivity index (χ2n) is 7.03. The quantitative estimate of drug-likeness (QED) is 0.686. The van der Waals surface area contributed by atoms with Crippen LogP contribution in [0, 0.1) is 0 Å². The van der Waals surface area contributed by atoms with Gasteiger partial charge in [-0.1, -0.05) is 42.1 Å². The molecular weight excluding hydrogens is 392 g/mol. The smallest absolute Gasteiger partial charge is 0.332 e. The van der Waals surface area contributed by atoms with Gasteiger partial charge >= 0.3 is 5.69 Å². The van der Waals surface area contributed by atoms with E-state index in [1.807, 2.05) is 30.3 Å². The van der Waals surface area contributed by atoms with Crippen LogP contribution in [0.5, 0.6) is 0 Å². The Kier molecular flexibility index (Phi) is 4.91. The number of aromatic nitrogens is 3. The first-order valence-corrected chi connectivity index (χ1v) is 10.2. The highest BCUT2D eigenvalue weighted by molar-refractivity contribution is 8.14. The highest BCUT2D eigenvalue weighted by Crippen LogP contribution is 2.22. The van der Waals surface area contributed by atoms with Crippen molar-refractivity contribution in [3.8, 4) is 0 Å². The van der Waals surface area contributed by atoms with Crippen molar-refractivity contribution in [3.05, 3.63) is 68.5 Å². The van der Waals surface area contributed by atoms with Gasteiger partial charge in [-0.15, -0.1) is 0 Å². The number of nitrogens with one attached hydrogen (secondary N) is 1. The lowest BCUT2D eigenvalue weighted by Crippen LogP contribution is -2.38. The summed E-state index contributed by atoms with van der Waals surface area (Å²) in [6.07, 6.45) is 0.578. The average Bonchev–Trinajstić information content (AvgIpc) is 3.29. The lowest BCUT2D eigenvalue weighted by Gasteiger charge is -2.15. The summed E-state index contributed by atoms with van der Waals surface area (Å²) in [7, 11) is 2.98. The predicted octanol–water partition coefficient (Wildman–Crippen LogP) is 0.849. The molecule has 1 aliphatic heterocycles. The second kappa shape index (κ2) is 7.40. The first-order chi connectivity index (χ1) is 13.9. The predicted molar refractivity (Wildman–Crippen MR) is 111 cm³/mol. The van der Waals surface area contributed by atoms with E-state index in [0.717, 1.165) is 10.1 Å². The Hall–Kier alpha value is -3.07. The Morgan fingerprint density at radius 3 is 2.52 bits per heavy atom. The zero-order valence-electron chi connectivity index (χ0n) is 16.0. The van der Waals surface area contributed by atoms with E-state index in [1.165, 1.54) is 29.4 Å². The molecule has 1 N–H and O–H groups in total. The highest BCUT2D eigenvalue weighted by atomic mass is 32.2. The summed E-state index contributed by atoms with van der Waals surface area (Å²) in [6.45, 7) is 0.306. The molecular formula is C20H20N4O4S. The van der Waals surface area contributed by atoms with Crippen LogP contribution in [0.4, 0.5) is 0 Å². The topological polar surface area (TPSA) is 95.1 Å². The molecule has 0 spiro atoms. The largest absolute Gasteiger partial charge is 0.340 e. The van der Waals surface area contributed by atoms with E-state index in [0.29, 0.717) is 24.4 Å². The Labute approximate surface area is 170 Å². The van der Waals surface area contributed by atoms with Crippen LogP contribution in [0.25, 0.3) is 11.0 Å². The fourth-order valence-corrected chi connectivity index (χ4v) is 4.55. The van der Waals surface area contributed by atoms with E-state index in [9.17, 15) is 19.2 Å². The maximum atomic E-state index is 13.0. The number of hydrogen-bond acceptors (Lipinski definition) is 5. The zero-order chi connectivity index (χ0) is 20.7. The molecule has 3 aromatic rings. The van der Waals surface area contributed by atoms with E-state index in [4.69, 9.17) is 0 Å². The van der Waals surface area contributed by atoms with E-state index in [-0.39, 0.29) is 16.2 Å². The van der Waals surface area contributed by atoms with E-state index in [1.54, 1.807) is 11.6 Å². The fourth-order valence-electron chi connectivity index (χ4n) is 3.61. The third kappa shape index (κ3) is 3.31. The number of benzene rings is 1. The Morgan fingerprint density at radius 2 is 1.86 bits per heavy atom. The van der Waals surface area contributed by atoms with Crippen LogP contribution in [0.2, 0.25) is 0 Å². The van der Waals surface area contributed by atoms with Gasteiger partial charge in [0.15, 0.2) is 0 Å². The minimum absolute atomic E-state index is 0.0626. The average molecular weight is 412 g/mol. The van der Waals surface area contributed by atoms with Gasteiger partial charge in [-0.25, -0.2) is 4.79 Å². The van der Waals surface area contributed by atoms with Gasteiger partial charge in [0.1, 0.15) is 11.3 Å². The molecule has 1 fully saturated rings. The summed E-state index contributed by atoms with van der Waals surface area (Å²) in [4.78, 5) is 50.1. The van der Waals surface area contributed by atoms with Gasteiger partial charge in [0.25, 0.3) is 11.5 Å². The summed E-state index contributed by atoms with van der Waals surface area (Å²) in [5, 5.41) is 2.99. The van der Waals surface area contributed by atoms with Crippen LogP contribution in [0.3, 0.4) is 0 Å². The Morgan fingerprint density at radius 1 is 1.14 bits per heavy atom. The molecule has 8 nitrogen and oxygen atoms in total. The summed E-state index contributed by atoms with van der Waals surface area (Å²) in [5.74, 6) is 0.235. The summed E-state index contributed by atoms with van der Waals surface area (Å²) in [6, 6.07) is 10.4. The van der Waals surface area contributed by atoms with Gasteiger partial charge in [-0.05, 0) is 18.1 Å². The number of rotatable bonds is 4. The maximum absolute atomic E-state index is 13.0. The van der Waals surface area contributed by atoms with Crippen molar-refractivity contribution in [1.29, 1.82) is 0 Å². The summed E-state index contributed by atoms with van der Waals surface area (Å²) in [5.41, 5.74) is 0.603. The molecule has 1 atom stereocenters. The molecule has 0 unspecified atom stereocenters. The number of aryl methyl sites for hydroxylation is 1. The molecule has 9 heteroatoms. The number of thioether (sulfide) groups is 1. The normalized spacial score (nSPS) is 16.5. The van der Waals surface area contributed by atoms with E-state index < -0.39 is 23.2 Å². The van der Waals surface area contributed by atoms with Crippen molar-refractivity contribution in [3.63, 3.8) is 0 Å². The number of carbonyl (C=O) groups is 2. The van der Waals surface area contributed by atoms with E-state index >= 15 is 0 Å². The van der Waals surface area contributed by atoms with Crippen molar-refractivity contribution >= 4 is 33.8 Å². The van der Waals surface area contributed by atoms with Crippen molar-refractivity contribution in [2.24, 2.45) is 14.1 Å². The van der Waals surface area contributed by atoms with Crippen LogP contribution in [0.1, 0.15) is 22.5 Å².